The van der Waals surface area contributed by atoms with Crippen LogP contribution in [0.5, 0.6) is 0 Å². The van der Waals surface area contributed by atoms with Gasteiger partial charge in [-0.15, -0.1) is 0 Å². The molecule has 0 atom stereocenters. The second-order valence-corrected chi connectivity index (χ2v) is 6.36. The highest BCUT2D eigenvalue weighted by atomic mass is 16.5. The van der Waals surface area contributed by atoms with E-state index in [-0.39, 0.29) is 5.91 Å². The largest absolute Gasteiger partial charge is 0.379 e. The fourth-order valence-electron chi connectivity index (χ4n) is 2.20. The minimum atomic E-state index is 0.168. The van der Waals surface area contributed by atoms with Crippen molar-refractivity contribution in [3.63, 3.8) is 0 Å². The Morgan fingerprint density at radius 1 is 1.32 bits per heavy atom. The summed E-state index contributed by atoms with van der Waals surface area (Å²) in [5.41, 5.74) is 0. The number of guanidine groups is 1. The maximum absolute atomic E-state index is 11.6. The quantitative estimate of drug-likeness (QED) is 0.359. The molecule has 0 aromatic rings. The molecule has 0 saturated heterocycles. The predicted molar refractivity (Wildman–Crippen MR) is 87.9 cm³/mol. The molecule has 0 aliphatic heterocycles. The van der Waals surface area contributed by atoms with Gasteiger partial charge >= 0.3 is 0 Å². The van der Waals surface area contributed by atoms with Gasteiger partial charge in [0.1, 0.15) is 0 Å². The molecule has 22 heavy (non-hydrogen) atoms. The fraction of sp³-hybridized carbons (Fsp3) is 0.875. The van der Waals surface area contributed by atoms with E-state index in [1.807, 2.05) is 7.05 Å². The van der Waals surface area contributed by atoms with Crippen LogP contribution in [0, 0.1) is 5.92 Å². The van der Waals surface area contributed by atoms with Crippen molar-refractivity contribution in [3.05, 3.63) is 0 Å². The Bertz CT molecular complexity index is 378. The van der Waals surface area contributed by atoms with E-state index < -0.39 is 0 Å². The third-order valence-electron chi connectivity index (χ3n) is 4.00. The van der Waals surface area contributed by atoms with Crippen LogP contribution < -0.4 is 10.6 Å². The van der Waals surface area contributed by atoms with E-state index in [1.54, 1.807) is 7.05 Å². The number of carbonyl (C=O) groups is 1. The highest BCUT2D eigenvalue weighted by molar-refractivity contribution is 5.79. The maximum Gasteiger partial charge on any atom is 0.220 e. The minimum Gasteiger partial charge on any atom is -0.379 e. The number of amides is 1. The first-order valence-electron chi connectivity index (χ1n) is 8.48. The molecular weight excluding hydrogens is 280 g/mol. The van der Waals surface area contributed by atoms with E-state index in [0.717, 1.165) is 57.4 Å². The van der Waals surface area contributed by atoms with Crippen LogP contribution in [0.1, 0.15) is 38.5 Å². The molecular formula is C16H30N4O2. The molecule has 2 saturated carbocycles. The maximum atomic E-state index is 11.6. The molecule has 0 radical (unpaired) electrons. The number of nitrogens with one attached hydrogen (secondary N) is 2. The summed E-state index contributed by atoms with van der Waals surface area (Å²) in [5, 5.41) is 6.30. The lowest BCUT2D eigenvalue weighted by molar-refractivity contribution is -0.121. The summed E-state index contributed by atoms with van der Waals surface area (Å²) in [5.74, 6) is 1.84. The van der Waals surface area contributed by atoms with E-state index in [1.165, 1.54) is 12.8 Å². The van der Waals surface area contributed by atoms with Crippen LogP contribution in [-0.4, -0.2) is 63.2 Å². The lowest BCUT2D eigenvalue weighted by Gasteiger charge is -2.22. The summed E-state index contributed by atoms with van der Waals surface area (Å²) in [6, 6.07) is 0.454. The number of nitrogens with zero attached hydrogens (tertiary/aromatic N) is 2. The Morgan fingerprint density at radius 3 is 2.73 bits per heavy atom. The number of hydrogen-bond donors (Lipinski definition) is 2. The van der Waals surface area contributed by atoms with Gasteiger partial charge in [-0.05, 0) is 38.0 Å². The van der Waals surface area contributed by atoms with Crippen LogP contribution in [0.3, 0.4) is 0 Å². The molecule has 2 N–H and O–H groups in total. The van der Waals surface area contributed by atoms with Crippen LogP contribution in [0.4, 0.5) is 0 Å². The summed E-state index contributed by atoms with van der Waals surface area (Å²) in [6.07, 6.45) is 6.34. The van der Waals surface area contributed by atoms with Crippen molar-refractivity contribution in [3.8, 4) is 0 Å². The number of hydrogen-bond acceptors (Lipinski definition) is 3. The molecule has 2 aliphatic rings. The monoisotopic (exact) mass is 310 g/mol. The van der Waals surface area contributed by atoms with Gasteiger partial charge in [-0.25, -0.2) is 0 Å². The zero-order valence-corrected chi connectivity index (χ0v) is 13.9. The third-order valence-corrected chi connectivity index (χ3v) is 4.00. The van der Waals surface area contributed by atoms with Crippen molar-refractivity contribution >= 4 is 11.9 Å². The second kappa shape index (κ2) is 8.98. The fourth-order valence-corrected chi connectivity index (χ4v) is 2.20. The van der Waals surface area contributed by atoms with Crippen molar-refractivity contribution in [2.24, 2.45) is 10.9 Å². The Balaban J connectivity index is 1.49. The average molecular weight is 310 g/mol. The summed E-state index contributed by atoms with van der Waals surface area (Å²) in [6.45, 7) is 3.22. The van der Waals surface area contributed by atoms with Gasteiger partial charge in [0.15, 0.2) is 5.96 Å². The minimum absolute atomic E-state index is 0.168. The van der Waals surface area contributed by atoms with Crippen molar-refractivity contribution < 1.29 is 9.53 Å². The molecule has 126 valence electrons. The molecule has 6 heteroatoms. The van der Waals surface area contributed by atoms with Gasteiger partial charge in [-0.3, -0.25) is 9.79 Å². The Morgan fingerprint density at radius 2 is 2.09 bits per heavy atom. The molecule has 2 fully saturated rings. The summed E-state index contributed by atoms with van der Waals surface area (Å²) in [7, 11) is 3.79. The smallest absolute Gasteiger partial charge is 0.220 e. The first-order valence-corrected chi connectivity index (χ1v) is 8.48. The van der Waals surface area contributed by atoms with Gasteiger partial charge in [0.25, 0.3) is 0 Å². The molecule has 2 rings (SSSR count). The third kappa shape index (κ3) is 7.11. The summed E-state index contributed by atoms with van der Waals surface area (Å²) in [4.78, 5) is 17.9. The molecule has 0 unspecified atom stereocenters. The normalized spacial score (nSPS) is 18.2. The molecule has 1 amide bonds. The Kier molecular flexibility index (Phi) is 6.96. The second-order valence-electron chi connectivity index (χ2n) is 6.36. The highest BCUT2D eigenvalue weighted by Gasteiger charge is 2.22. The highest BCUT2D eigenvalue weighted by Crippen LogP contribution is 2.28. The van der Waals surface area contributed by atoms with Crippen LogP contribution in [0.2, 0.25) is 0 Å². The molecule has 0 heterocycles. The van der Waals surface area contributed by atoms with E-state index in [2.05, 4.69) is 20.5 Å². The zero-order valence-electron chi connectivity index (χ0n) is 13.9. The Labute approximate surface area is 133 Å². The zero-order chi connectivity index (χ0) is 15.8. The molecule has 0 aromatic carbocycles. The number of carbonyl (C=O) groups excluding carboxylic acids is 1. The molecule has 2 aliphatic carbocycles. The lowest BCUT2D eigenvalue weighted by Crippen LogP contribution is -2.41. The van der Waals surface area contributed by atoms with Crippen LogP contribution in [-0.2, 0) is 9.53 Å². The van der Waals surface area contributed by atoms with Crippen molar-refractivity contribution in [2.75, 3.05) is 40.4 Å². The van der Waals surface area contributed by atoms with Gasteiger partial charge in [0, 0.05) is 46.3 Å². The van der Waals surface area contributed by atoms with Gasteiger partial charge in [-0.1, -0.05) is 0 Å². The number of likely N-dealkylation sites (N-methyl/N-ethyl adjacent to an activating group) is 1. The number of ether oxygens (including phenoxy) is 1. The average Bonchev–Trinajstić information content (AvgIpc) is 3.38. The molecule has 6 nitrogen and oxygen atoms in total. The standard InChI is InChI=1S/C16H30N4O2/c1-17-16(20(2)10-11-22-12-13-5-6-13)18-9-3-4-15(21)19-14-7-8-14/h13-14H,3-12H2,1-2H3,(H,17,18)(H,19,21). The summed E-state index contributed by atoms with van der Waals surface area (Å²) >= 11 is 0. The molecule has 0 aromatic heterocycles. The van der Waals surface area contributed by atoms with Gasteiger partial charge in [-0.2, -0.15) is 0 Å². The van der Waals surface area contributed by atoms with E-state index in [9.17, 15) is 4.79 Å². The van der Waals surface area contributed by atoms with E-state index in [0.29, 0.717) is 12.5 Å². The van der Waals surface area contributed by atoms with Crippen LogP contribution in [0.25, 0.3) is 0 Å². The number of rotatable bonds is 10. The van der Waals surface area contributed by atoms with E-state index in [4.69, 9.17) is 4.74 Å². The predicted octanol–water partition coefficient (Wildman–Crippen LogP) is 0.979. The lowest BCUT2D eigenvalue weighted by atomic mass is 10.3. The van der Waals surface area contributed by atoms with Gasteiger partial charge in [0.05, 0.1) is 6.61 Å². The van der Waals surface area contributed by atoms with E-state index >= 15 is 0 Å². The van der Waals surface area contributed by atoms with Crippen molar-refractivity contribution in [1.29, 1.82) is 0 Å². The van der Waals surface area contributed by atoms with Crippen molar-refractivity contribution in [1.82, 2.24) is 15.5 Å². The SMILES string of the molecule is CN=C(NCCCC(=O)NC1CC1)N(C)CCOCC1CC1. The first kappa shape index (κ1) is 17.1. The van der Waals surface area contributed by atoms with Gasteiger partial charge < -0.3 is 20.3 Å². The van der Waals surface area contributed by atoms with Crippen molar-refractivity contribution in [2.45, 2.75) is 44.6 Å². The summed E-state index contributed by atoms with van der Waals surface area (Å²) < 4.78 is 5.65. The molecule has 0 bridgehead atoms. The van der Waals surface area contributed by atoms with Gasteiger partial charge in [0.2, 0.25) is 5.91 Å². The first-order chi connectivity index (χ1) is 10.7. The topological polar surface area (TPSA) is 66.0 Å². The van der Waals surface area contributed by atoms with Crippen LogP contribution >= 0.6 is 0 Å². The number of aliphatic imine (C=N–C) groups is 1. The van der Waals surface area contributed by atoms with Crippen LogP contribution in [0.15, 0.2) is 4.99 Å². The Hall–Kier alpha value is -1.30. The molecule has 0 spiro atoms.